The Hall–Kier alpha value is -5.06. The van der Waals surface area contributed by atoms with Crippen LogP contribution in [0.25, 0.3) is 32.6 Å². The maximum atomic E-state index is 12.6. The lowest BCUT2D eigenvalue weighted by Crippen LogP contribution is -2.46. The lowest BCUT2D eigenvalue weighted by atomic mass is 9.71. The number of piperidine rings is 2. The number of aromatic nitrogens is 3. The molecule has 2 aromatic heterocycles. The summed E-state index contributed by atoms with van der Waals surface area (Å²) in [5, 5.41) is 11.1. The topological polar surface area (TPSA) is 136 Å². The number of anilines is 4. The zero-order valence-corrected chi connectivity index (χ0v) is 26.0. The van der Waals surface area contributed by atoms with Crippen molar-refractivity contribution in [1.29, 1.82) is 0 Å². The average Bonchev–Trinajstić information content (AvgIpc) is 3.40. The second kappa shape index (κ2) is 12.5. The smallest absolute Gasteiger partial charge is 0.247 e. The lowest BCUT2D eigenvalue weighted by Gasteiger charge is -2.47. The van der Waals surface area contributed by atoms with Crippen LogP contribution in [0.2, 0.25) is 0 Å². The number of fused-ring (bicyclic) bond motifs is 1. The van der Waals surface area contributed by atoms with Crippen molar-refractivity contribution in [2.75, 3.05) is 55.9 Å². The summed E-state index contributed by atoms with van der Waals surface area (Å²) in [6.45, 7) is 7.72. The van der Waals surface area contributed by atoms with Gasteiger partial charge in [-0.15, -0.1) is 0 Å². The van der Waals surface area contributed by atoms with Gasteiger partial charge in [-0.25, -0.2) is 9.97 Å². The van der Waals surface area contributed by atoms with Gasteiger partial charge in [-0.05, 0) is 75.0 Å². The molecule has 12 nitrogen and oxygen atoms in total. The molecule has 2 fully saturated rings. The summed E-state index contributed by atoms with van der Waals surface area (Å²) < 4.78 is 7.85. The first kappa shape index (κ1) is 30.0. The number of hydrogen-bond donors (Lipinski definition) is 2. The van der Waals surface area contributed by atoms with E-state index in [1.54, 1.807) is 7.11 Å². The van der Waals surface area contributed by atoms with E-state index in [-0.39, 0.29) is 11.9 Å². The highest BCUT2D eigenvalue weighted by atomic mass is 16.5. The Balaban J connectivity index is 1.35. The minimum absolute atomic E-state index is 0.282. The number of nitrogens with zero attached hydrogens (tertiary/aromatic N) is 8. The Labute approximate surface area is 262 Å². The molecule has 2 aromatic carbocycles. The summed E-state index contributed by atoms with van der Waals surface area (Å²) in [6.07, 6.45) is 9.39. The van der Waals surface area contributed by atoms with Crippen LogP contribution in [-0.4, -0.2) is 65.7 Å². The van der Waals surface area contributed by atoms with Crippen LogP contribution in [0.5, 0.6) is 5.75 Å². The zero-order chi connectivity index (χ0) is 31.6. The largest absolute Gasteiger partial charge is 0.494 e. The first-order chi connectivity index (χ1) is 21.8. The minimum Gasteiger partial charge on any atom is -0.494 e. The molecule has 45 heavy (non-hydrogen) atoms. The van der Waals surface area contributed by atoms with Crippen molar-refractivity contribution in [1.82, 2.24) is 19.4 Å². The van der Waals surface area contributed by atoms with E-state index in [1.807, 2.05) is 54.2 Å². The van der Waals surface area contributed by atoms with E-state index in [0.717, 1.165) is 61.2 Å². The number of rotatable bonds is 8. The van der Waals surface area contributed by atoms with Gasteiger partial charge in [0.25, 0.3) is 0 Å². The van der Waals surface area contributed by atoms with Crippen molar-refractivity contribution < 1.29 is 9.53 Å². The Morgan fingerprint density at radius 1 is 1.11 bits per heavy atom. The predicted octanol–water partition coefficient (Wildman–Crippen LogP) is 6.77. The number of azide groups is 1. The number of benzene rings is 2. The van der Waals surface area contributed by atoms with Gasteiger partial charge in [-0.2, -0.15) is 0 Å². The van der Waals surface area contributed by atoms with Crippen LogP contribution in [0.4, 0.5) is 28.7 Å². The van der Waals surface area contributed by atoms with Crippen LogP contribution < -0.4 is 20.3 Å². The minimum atomic E-state index is -0.302. The van der Waals surface area contributed by atoms with Gasteiger partial charge in [0.2, 0.25) is 11.9 Å². The van der Waals surface area contributed by atoms with E-state index in [2.05, 4.69) is 49.1 Å². The van der Waals surface area contributed by atoms with Gasteiger partial charge in [0.1, 0.15) is 5.75 Å². The van der Waals surface area contributed by atoms with E-state index in [4.69, 9.17) is 9.72 Å². The summed E-state index contributed by atoms with van der Waals surface area (Å²) in [4.78, 5) is 29.5. The summed E-state index contributed by atoms with van der Waals surface area (Å²) >= 11 is 0. The fourth-order valence-corrected chi connectivity index (χ4v) is 6.60. The molecule has 0 bridgehead atoms. The fraction of sp³-hybridized carbons (Fsp3) is 0.364. The third-order valence-corrected chi connectivity index (χ3v) is 9.29. The number of likely N-dealkylation sites (tertiary alicyclic amines) is 1. The van der Waals surface area contributed by atoms with Gasteiger partial charge in [-0.3, -0.25) is 4.79 Å². The van der Waals surface area contributed by atoms with Crippen molar-refractivity contribution in [2.24, 2.45) is 17.6 Å². The zero-order valence-electron chi connectivity index (χ0n) is 26.0. The predicted molar refractivity (Wildman–Crippen MR) is 178 cm³/mol. The number of methoxy groups -OCH3 is 1. The number of aryl methyl sites for hydroxylation is 1. The lowest BCUT2D eigenvalue weighted by molar-refractivity contribution is -0.111. The molecule has 1 spiro atoms. The maximum absolute atomic E-state index is 12.6. The molecular formula is C33H38N10O2. The molecule has 0 atom stereocenters. The van der Waals surface area contributed by atoms with Gasteiger partial charge < -0.3 is 29.7 Å². The molecule has 2 saturated heterocycles. The van der Waals surface area contributed by atoms with Crippen molar-refractivity contribution in [2.45, 2.75) is 25.7 Å². The first-order valence-electron chi connectivity index (χ1n) is 15.2. The van der Waals surface area contributed by atoms with Crippen LogP contribution >= 0.6 is 0 Å². The highest BCUT2D eigenvalue weighted by Gasteiger charge is 2.37. The molecule has 0 saturated carbocycles. The molecule has 6 rings (SSSR count). The first-order valence-corrected chi connectivity index (χ1v) is 15.2. The van der Waals surface area contributed by atoms with E-state index in [9.17, 15) is 10.3 Å². The second-order valence-corrected chi connectivity index (χ2v) is 12.0. The fourth-order valence-electron chi connectivity index (χ4n) is 6.60. The molecule has 0 unspecified atom stereocenters. The third-order valence-electron chi connectivity index (χ3n) is 9.29. The highest BCUT2D eigenvalue weighted by Crippen LogP contribution is 2.45. The molecule has 4 heterocycles. The summed E-state index contributed by atoms with van der Waals surface area (Å²) in [5.41, 5.74) is 14.4. The Morgan fingerprint density at radius 3 is 2.56 bits per heavy atom. The van der Waals surface area contributed by atoms with Crippen LogP contribution in [0.1, 0.15) is 25.7 Å². The number of carbonyl (C=O) groups is 1. The van der Waals surface area contributed by atoms with Crippen LogP contribution in [0.15, 0.2) is 66.6 Å². The second-order valence-electron chi connectivity index (χ2n) is 12.0. The normalized spacial score (nSPS) is 16.3. The van der Waals surface area contributed by atoms with Gasteiger partial charge in [0.15, 0.2) is 0 Å². The molecule has 232 valence electrons. The average molecular weight is 607 g/mol. The standard InChI is InChI=1S/C33H38N10O2/c1-5-30(44)36-24-18-25(29(45-4)19-28(24)43-16-12-33(13-17-43)10-14-41(2)15-11-33)37-32-35-20-26(39-40-34)31(38-32)23-21-42(3)27-9-7-6-8-22(23)27/h5-9,18-21H,1,10-17H2,2-4H3,(H,36,44)(H,35,37,38). The molecule has 2 aliphatic heterocycles. The van der Waals surface area contributed by atoms with Gasteiger partial charge in [0.05, 0.1) is 35.6 Å². The summed E-state index contributed by atoms with van der Waals surface area (Å²) in [5.74, 6) is 0.559. The Bertz CT molecular complexity index is 1790. The van der Waals surface area contributed by atoms with Crippen molar-refractivity contribution in [3.05, 3.63) is 71.9 Å². The molecule has 2 N–H and O–H groups in total. The van der Waals surface area contributed by atoms with Gasteiger partial charge in [-0.1, -0.05) is 29.9 Å². The van der Waals surface area contributed by atoms with E-state index in [1.165, 1.54) is 25.1 Å². The number of para-hydroxylation sites is 1. The summed E-state index contributed by atoms with van der Waals surface area (Å²) in [6, 6.07) is 11.8. The van der Waals surface area contributed by atoms with E-state index >= 15 is 0 Å². The monoisotopic (exact) mass is 606 g/mol. The Kier molecular flexibility index (Phi) is 8.34. The number of amides is 1. The maximum Gasteiger partial charge on any atom is 0.247 e. The van der Waals surface area contributed by atoms with Crippen LogP contribution in [0, 0.1) is 5.41 Å². The highest BCUT2D eigenvalue weighted by molar-refractivity contribution is 6.02. The SMILES string of the molecule is C=CC(=O)Nc1cc(Nc2ncc(N=[N+]=[N-])c(-c3cn(C)c4ccccc34)n2)c(OC)cc1N1CCC2(CCN(C)CC2)CC1. The third kappa shape index (κ3) is 6.02. The van der Waals surface area contributed by atoms with E-state index in [0.29, 0.717) is 33.9 Å². The summed E-state index contributed by atoms with van der Waals surface area (Å²) in [7, 11) is 5.77. The molecule has 12 heteroatoms. The number of nitrogens with one attached hydrogen (secondary N) is 2. The molecule has 0 radical (unpaired) electrons. The number of carbonyl (C=O) groups excluding carboxylic acids is 1. The molecular weight excluding hydrogens is 568 g/mol. The van der Waals surface area contributed by atoms with Crippen LogP contribution in [0.3, 0.4) is 0 Å². The Morgan fingerprint density at radius 2 is 1.84 bits per heavy atom. The molecule has 2 aliphatic rings. The number of hydrogen-bond acceptors (Lipinski definition) is 8. The van der Waals surface area contributed by atoms with Gasteiger partial charge in [0, 0.05) is 60.0 Å². The molecule has 1 amide bonds. The van der Waals surface area contributed by atoms with E-state index < -0.39 is 0 Å². The molecule has 0 aliphatic carbocycles. The van der Waals surface area contributed by atoms with Crippen molar-refractivity contribution >= 4 is 45.5 Å². The van der Waals surface area contributed by atoms with Crippen molar-refractivity contribution in [3.63, 3.8) is 0 Å². The molecule has 4 aromatic rings. The van der Waals surface area contributed by atoms with Crippen molar-refractivity contribution in [3.8, 4) is 17.0 Å². The quantitative estimate of drug-likeness (QED) is 0.0978. The van der Waals surface area contributed by atoms with Crippen LogP contribution in [-0.2, 0) is 11.8 Å². The van der Waals surface area contributed by atoms with Gasteiger partial charge >= 0.3 is 0 Å². The number of ether oxygens (including phenoxy) is 1.